The summed E-state index contributed by atoms with van der Waals surface area (Å²) in [5.41, 5.74) is 2.70. The van der Waals surface area contributed by atoms with Crippen LogP contribution in [0, 0.1) is 0 Å². The lowest BCUT2D eigenvalue weighted by Gasteiger charge is -2.05. The van der Waals surface area contributed by atoms with Crippen LogP contribution in [0.4, 0.5) is 0 Å². The molecule has 0 aliphatic rings. The van der Waals surface area contributed by atoms with Crippen LogP contribution in [0.5, 0.6) is 0 Å². The van der Waals surface area contributed by atoms with Crippen LogP contribution >= 0.6 is 0 Å². The highest BCUT2D eigenvalue weighted by molar-refractivity contribution is 5.66. The normalized spacial score (nSPS) is 10.4. The number of hydrogen-bond acceptors (Lipinski definition) is 2. The highest BCUT2D eigenvalue weighted by Gasteiger charge is 1.97. The molecule has 0 unspecified atom stereocenters. The molecule has 0 atom stereocenters. The standard InChI is InChI=1S/C14H21NO2/c1-2-4-12-5-3-6-13(11-12)7-9-15-10-8-14(16)17/h3,5-6,11,15H,2,4,7-10H2,1H3,(H,16,17). The van der Waals surface area contributed by atoms with E-state index in [9.17, 15) is 4.79 Å². The van der Waals surface area contributed by atoms with E-state index in [1.54, 1.807) is 0 Å². The Hall–Kier alpha value is -1.35. The molecule has 1 aromatic rings. The smallest absolute Gasteiger partial charge is 0.304 e. The Bertz CT molecular complexity index is 350. The first kappa shape index (κ1) is 13.7. The molecule has 2 N–H and O–H groups in total. The van der Waals surface area contributed by atoms with Crippen LogP contribution in [0.1, 0.15) is 30.9 Å². The van der Waals surface area contributed by atoms with Gasteiger partial charge in [-0.2, -0.15) is 0 Å². The van der Waals surface area contributed by atoms with E-state index in [0.29, 0.717) is 6.54 Å². The van der Waals surface area contributed by atoms with E-state index in [0.717, 1.165) is 19.4 Å². The summed E-state index contributed by atoms with van der Waals surface area (Å²) in [6.07, 6.45) is 3.44. The van der Waals surface area contributed by atoms with Crippen LogP contribution in [-0.2, 0) is 17.6 Å². The van der Waals surface area contributed by atoms with Gasteiger partial charge < -0.3 is 10.4 Å². The van der Waals surface area contributed by atoms with E-state index in [4.69, 9.17) is 5.11 Å². The first-order chi connectivity index (χ1) is 8.22. The fourth-order valence-electron chi connectivity index (χ4n) is 1.78. The minimum atomic E-state index is -0.748. The van der Waals surface area contributed by atoms with Gasteiger partial charge in [0.15, 0.2) is 0 Å². The van der Waals surface area contributed by atoms with Crippen molar-refractivity contribution in [3.8, 4) is 0 Å². The minimum Gasteiger partial charge on any atom is -0.481 e. The van der Waals surface area contributed by atoms with Crippen molar-refractivity contribution in [3.63, 3.8) is 0 Å². The number of benzene rings is 1. The van der Waals surface area contributed by atoms with Gasteiger partial charge in [-0.05, 0) is 30.5 Å². The fourth-order valence-corrected chi connectivity index (χ4v) is 1.78. The van der Waals surface area contributed by atoms with Crippen molar-refractivity contribution in [1.29, 1.82) is 0 Å². The first-order valence-corrected chi connectivity index (χ1v) is 6.22. The average Bonchev–Trinajstić information content (AvgIpc) is 2.29. The maximum atomic E-state index is 10.3. The molecule has 0 spiro atoms. The van der Waals surface area contributed by atoms with Gasteiger partial charge in [0.25, 0.3) is 0 Å². The number of aliphatic carboxylic acids is 1. The van der Waals surface area contributed by atoms with Gasteiger partial charge in [0, 0.05) is 6.54 Å². The molecule has 1 rings (SSSR count). The van der Waals surface area contributed by atoms with E-state index in [1.165, 1.54) is 17.5 Å². The maximum absolute atomic E-state index is 10.3. The Kier molecular flexibility index (Phi) is 6.33. The Morgan fingerprint density at radius 3 is 2.59 bits per heavy atom. The van der Waals surface area contributed by atoms with Crippen LogP contribution in [0.25, 0.3) is 0 Å². The van der Waals surface area contributed by atoms with Crippen LogP contribution in [0.3, 0.4) is 0 Å². The van der Waals surface area contributed by atoms with E-state index in [2.05, 4.69) is 36.5 Å². The molecule has 94 valence electrons. The van der Waals surface area contributed by atoms with Crippen LogP contribution in [-0.4, -0.2) is 24.2 Å². The van der Waals surface area contributed by atoms with E-state index in [1.807, 2.05) is 0 Å². The first-order valence-electron chi connectivity index (χ1n) is 6.22. The maximum Gasteiger partial charge on any atom is 0.304 e. The van der Waals surface area contributed by atoms with Crippen LogP contribution < -0.4 is 5.32 Å². The SMILES string of the molecule is CCCc1cccc(CCNCCC(=O)O)c1. The Morgan fingerprint density at radius 1 is 1.24 bits per heavy atom. The quantitative estimate of drug-likeness (QED) is 0.679. The molecular weight excluding hydrogens is 214 g/mol. The molecule has 17 heavy (non-hydrogen) atoms. The van der Waals surface area contributed by atoms with Gasteiger partial charge in [-0.3, -0.25) is 4.79 Å². The molecule has 0 bridgehead atoms. The molecule has 0 saturated heterocycles. The van der Waals surface area contributed by atoms with Gasteiger partial charge in [-0.25, -0.2) is 0 Å². The summed E-state index contributed by atoms with van der Waals surface area (Å²) in [4.78, 5) is 10.3. The summed E-state index contributed by atoms with van der Waals surface area (Å²) in [6.45, 7) is 3.56. The zero-order chi connectivity index (χ0) is 12.5. The lowest BCUT2D eigenvalue weighted by molar-refractivity contribution is -0.136. The Labute approximate surface area is 103 Å². The lowest BCUT2D eigenvalue weighted by Crippen LogP contribution is -2.20. The summed E-state index contributed by atoms with van der Waals surface area (Å²) in [7, 11) is 0. The third-order valence-electron chi connectivity index (χ3n) is 2.64. The topological polar surface area (TPSA) is 49.3 Å². The molecule has 1 aromatic carbocycles. The van der Waals surface area contributed by atoms with Gasteiger partial charge in [0.1, 0.15) is 0 Å². The van der Waals surface area contributed by atoms with E-state index in [-0.39, 0.29) is 6.42 Å². The molecule has 0 aliphatic carbocycles. The molecule has 0 aliphatic heterocycles. The number of rotatable bonds is 8. The van der Waals surface area contributed by atoms with Crippen molar-refractivity contribution in [2.24, 2.45) is 0 Å². The summed E-state index contributed by atoms with van der Waals surface area (Å²) < 4.78 is 0. The predicted molar refractivity (Wildman–Crippen MR) is 69.3 cm³/mol. The summed E-state index contributed by atoms with van der Waals surface area (Å²) >= 11 is 0. The summed E-state index contributed by atoms with van der Waals surface area (Å²) in [5, 5.41) is 11.6. The van der Waals surface area contributed by atoms with Gasteiger partial charge in [0.05, 0.1) is 6.42 Å². The number of carbonyl (C=O) groups is 1. The third kappa shape index (κ3) is 6.07. The van der Waals surface area contributed by atoms with Crippen LogP contribution in [0.2, 0.25) is 0 Å². The molecule has 0 amide bonds. The fraction of sp³-hybridized carbons (Fsp3) is 0.500. The summed E-state index contributed by atoms with van der Waals surface area (Å²) in [6, 6.07) is 8.61. The average molecular weight is 235 g/mol. The second-order valence-corrected chi connectivity index (χ2v) is 4.21. The van der Waals surface area contributed by atoms with Crippen molar-refractivity contribution in [2.75, 3.05) is 13.1 Å². The molecule has 0 fully saturated rings. The van der Waals surface area contributed by atoms with Gasteiger partial charge in [-0.15, -0.1) is 0 Å². The molecule has 0 heterocycles. The van der Waals surface area contributed by atoms with Crippen molar-refractivity contribution < 1.29 is 9.90 Å². The zero-order valence-electron chi connectivity index (χ0n) is 10.4. The highest BCUT2D eigenvalue weighted by atomic mass is 16.4. The number of carboxylic acids is 1. The Morgan fingerprint density at radius 2 is 1.94 bits per heavy atom. The van der Waals surface area contributed by atoms with Crippen molar-refractivity contribution in [1.82, 2.24) is 5.32 Å². The zero-order valence-corrected chi connectivity index (χ0v) is 10.4. The minimum absolute atomic E-state index is 0.190. The van der Waals surface area contributed by atoms with Gasteiger partial charge in [0.2, 0.25) is 0 Å². The molecule has 0 aromatic heterocycles. The van der Waals surface area contributed by atoms with E-state index < -0.39 is 5.97 Å². The van der Waals surface area contributed by atoms with Gasteiger partial charge >= 0.3 is 5.97 Å². The Balaban J connectivity index is 2.26. The van der Waals surface area contributed by atoms with Crippen LogP contribution in [0.15, 0.2) is 24.3 Å². The summed E-state index contributed by atoms with van der Waals surface area (Å²) in [5.74, 6) is -0.748. The highest BCUT2D eigenvalue weighted by Crippen LogP contribution is 2.07. The number of hydrogen-bond donors (Lipinski definition) is 2. The van der Waals surface area contributed by atoms with E-state index >= 15 is 0 Å². The number of nitrogens with one attached hydrogen (secondary N) is 1. The predicted octanol–water partition coefficient (Wildman–Crippen LogP) is 2.25. The molecule has 0 radical (unpaired) electrons. The number of carboxylic acid groups (broad SMARTS) is 1. The number of aryl methyl sites for hydroxylation is 1. The largest absolute Gasteiger partial charge is 0.481 e. The molecule has 0 saturated carbocycles. The molecule has 3 heteroatoms. The van der Waals surface area contributed by atoms with Crippen molar-refractivity contribution in [2.45, 2.75) is 32.6 Å². The van der Waals surface area contributed by atoms with Crippen molar-refractivity contribution >= 4 is 5.97 Å². The molecular formula is C14H21NO2. The second kappa shape index (κ2) is 7.85. The second-order valence-electron chi connectivity index (χ2n) is 4.21. The van der Waals surface area contributed by atoms with Crippen molar-refractivity contribution in [3.05, 3.63) is 35.4 Å². The lowest BCUT2D eigenvalue weighted by atomic mass is 10.1. The molecule has 3 nitrogen and oxygen atoms in total. The third-order valence-corrected chi connectivity index (χ3v) is 2.64. The monoisotopic (exact) mass is 235 g/mol. The van der Waals surface area contributed by atoms with Gasteiger partial charge in [-0.1, -0.05) is 37.6 Å².